The van der Waals surface area contributed by atoms with Crippen LogP contribution in [0, 0.1) is 17.6 Å². The van der Waals surface area contributed by atoms with Crippen LogP contribution in [0.3, 0.4) is 0 Å². The van der Waals surface area contributed by atoms with E-state index in [-0.39, 0.29) is 34.7 Å². The van der Waals surface area contributed by atoms with Crippen molar-refractivity contribution in [1.82, 2.24) is 10.3 Å². The van der Waals surface area contributed by atoms with Crippen LogP contribution in [0.1, 0.15) is 42.4 Å². The molecule has 39 heavy (non-hydrogen) atoms. The zero-order valence-corrected chi connectivity index (χ0v) is 22.1. The number of hydrogen-bond acceptors (Lipinski definition) is 7. The van der Waals surface area contributed by atoms with Gasteiger partial charge in [0, 0.05) is 25.1 Å². The molecule has 3 aromatic rings. The van der Waals surface area contributed by atoms with Gasteiger partial charge in [0.25, 0.3) is 5.91 Å². The molecule has 1 unspecified atom stereocenters. The van der Waals surface area contributed by atoms with Crippen LogP contribution in [0.15, 0.2) is 60.8 Å². The van der Waals surface area contributed by atoms with Gasteiger partial charge in [-0.2, -0.15) is 0 Å². The summed E-state index contributed by atoms with van der Waals surface area (Å²) in [6.45, 7) is 4.35. The number of nitrogens with zero attached hydrogens (tertiary/aromatic N) is 1. The van der Waals surface area contributed by atoms with E-state index in [1.807, 2.05) is 0 Å². The van der Waals surface area contributed by atoms with Crippen molar-refractivity contribution < 1.29 is 37.4 Å². The number of ether oxygens (including phenoxy) is 3. The van der Waals surface area contributed by atoms with Crippen molar-refractivity contribution in [2.45, 2.75) is 45.8 Å². The molecular formula is C29H30F2N2O6. The van der Waals surface area contributed by atoms with Crippen molar-refractivity contribution in [2.24, 2.45) is 5.92 Å². The van der Waals surface area contributed by atoms with Crippen molar-refractivity contribution in [3.8, 4) is 11.5 Å². The summed E-state index contributed by atoms with van der Waals surface area (Å²) in [6, 6.07) is 12.4. The van der Waals surface area contributed by atoms with E-state index in [2.05, 4.69) is 10.3 Å². The smallest absolute Gasteiger partial charge is 0.328 e. The van der Waals surface area contributed by atoms with Gasteiger partial charge in [-0.05, 0) is 62.1 Å². The molecule has 3 rings (SSSR count). The maximum atomic E-state index is 13.4. The third kappa shape index (κ3) is 8.33. The first kappa shape index (κ1) is 29.2. The summed E-state index contributed by atoms with van der Waals surface area (Å²) >= 11 is 0. The lowest BCUT2D eigenvalue weighted by atomic mass is 9.88. The highest BCUT2D eigenvalue weighted by molar-refractivity contribution is 5.98. The Balaban J connectivity index is 1.72. The molecule has 10 heteroatoms. The number of esters is 2. The van der Waals surface area contributed by atoms with Gasteiger partial charge in [0.05, 0.1) is 7.11 Å². The molecule has 0 radical (unpaired) electrons. The number of methoxy groups -OCH3 is 1. The molecule has 0 aliphatic rings. The highest BCUT2D eigenvalue weighted by Gasteiger charge is 2.28. The molecule has 8 nitrogen and oxygen atoms in total. The highest BCUT2D eigenvalue weighted by atomic mass is 19.1. The van der Waals surface area contributed by atoms with Crippen LogP contribution in [0.25, 0.3) is 0 Å². The van der Waals surface area contributed by atoms with E-state index in [4.69, 9.17) is 14.2 Å². The van der Waals surface area contributed by atoms with E-state index in [1.165, 1.54) is 57.5 Å². The van der Waals surface area contributed by atoms with Crippen LogP contribution >= 0.6 is 0 Å². The van der Waals surface area contributed by atoms with Crippen molar-refractivity contribution in [3.05, 3.63) is 89.2 Å². The fourth-order valence-electron chi connectivity index (χ4n) is 3.95. The summed E-state index contributed by atoms with van der Waals surface area (Å²) in [5.74, 6) is -3.14. The van der Waals surface area contributed by atoms with Crippen molar-refractivity contribution in [3.63, 3.8) is 0 Å². The van der Waals surface area contributed by atoms with Gasteiger partial charge in [-0.3, -0.25) is 9.59 Å². The van der Waals surface area contributed by atoms with Crippen LogP contribution in [-0.2, 0) is 27.2 Å². The average molecular weight is 541 g/mol. The van der Waals surface area contributed by atoms with Crippen LogP contribution in [0.2, 0.25) is 0 Å². The molecule has 2 aromatic carbocycles. The van der Waals surface area contributed by atoms with Gasteiger partial charge in [0.1, 0.15) is 23.8 Å². The first-order valence-electron chi connectivity index (χ1n) is 12.3. The second kappa shape index (κ2) is 13.5. The van der Waals surface area contributed by atoms with E-state index < -0.39 is 30.0 Å². The van der Waals surface area contributed by atoms with Crippen LogP contribution < -0.4 is 14.8 Å². The van der Waals surface area contributed by atoms with Crippen LogP contribution in [0.4, 0.5) is 8.78 Å². The standard InChI is InChI=1S/C29H30F2N2O6/c1-17(33-28(35)26-27(39-19(3)34)25(37-4)13-14-32-26)29(36)38-18(2)22(15-20-5-9-23(30)10-6-20)16-21-7-11-24(31)12-8-21/h5-14,17-18,22H,15-16H2,1-4H3,(H,33,35)/t17-,18?/m0/s1. The Kier molecular flexibility index (Phi) is 10.1. The van der Waals surface area contributed by atoms with Crippen molar-refractivity contribution in [2.75, 3.05) is 7.11 Å². The summed E-state index contributed by atoms with van der Waals surface area (Å²) < 4.78 is 42.8. The predicted octanol–water partition coefficient (Wildman–Crippen LogP) is 4.45. The highest BCUT2D eigenvalue weighted by Crippen LogP contribution is 2.29. The molecule has 0 spiro atoms. The van der Waals surface area contributed by atoms with Gasteiger partial charge in [-0.15, -0.1) is 0 Å². The quantitative estimate of drug-likeness (QED) is 0.359. The van der Waals surface area contributed by atoms with E-state index >= 15 is 0 Å². The predicted molar refractivity (Wildman–Crippen MR) is 138 cm³/mol. The number of amides is 1. The largest absolute Gasteiger partial charge is 0.493 e. The third-order valence-electron chi connectivity index (χ3n) is 6.04. The maximum absolute atomic E-state index is 13.4. The number of nitrogens with one attached hydrogen (secondary N) is 1. The Morgan fingerprint density at radius 1 is 0.897 bits per heavy atom. The van der Waals surface area contributed by atoms with Crippen LogP contribution in [0.5, 0.6) is 11.5 Å². The monoisotopic (exact) mass is 540 g/mol. The van der Waals surface area contributed by atoms with Crippen LogP contribution in [-0.4, -0.2) is 42.1 Å². The number of benzene rings is 2. The number of rotatable bonds is 11. The number of aromatic nitrogens is 1. The number of halogens is 2. The molecule has 1 amide bonds. The molecule has 0 saturated heterocycles. The van der Waals surface area contributed by atoms with Gasteiger partial charge in [0.15, 0.2) is 11.4 Å². The van der Waals surface area contributed by atoms with E-state index in [9.17, 15) is 23.2 Å². The summed E-state index contributed by atoms with van der Waals surface area (Å²) in [5.41, 5.74) is 1.45. The average Bonchev–Trinajstić information content (AvgIpc) is 2.90. The Hall–Kier alpha value is -4.34. The number of hydrogen-bond donors (Lipinski definition) is 1. The minimum absolute atomic E-state index is 0.124. The lowest BCUT2D eigenvalue weighted by Gasteiger charge is -2.26. The van der Waals surface area contributed by atoms with E-state index in [0.717, 1.165) is 11.1 Å². The van der Waals surface area contributed by atoms with Crippen molar-refractivity contribution >= 4 is 17.8 Å². The lowest BCUT2D eigenvalue weighted by molar-refractivity contribution is -0.152. The number of pyridine rings is 1. The van der Waals surface area contributed by atoms with Gasteiger partial charge in [0.2, 0.25) is 5.75 Å². The van der Waals surface area contributed by atoms with Gasteiger partial charge in [-0.1, -0.05) is 24.3 Å². The Bertz CT molecular complexity index is 1250. The molecule has 1 heterocycles. The summed E-state index contributed by atoms with van der Waals surface area (Å²) in [5, 5.41) is 2.51. The molecule has 1 aromatic heterocycles. The molecule has 2 atom stereocenters. The minimum atomic E-state index is -1.07. The number of carbonyl (C=O) groups is 3. The topological polar surface area (TPSA) is 104 Å². The summed E-state index contributed by atoms with van der Waals surface area (Å²) in [6.07, 6.45) is 1.62. The van der Waals surface area contributed by atoms with Gasteiger partial charge < -0.3 is 19.5 Å². The van der Waals surface area contributed by atoms with E-state index in [0.29, 0.717) is 12.8 Å². The molecule has 0 saturated carbocycles. The number of carbonyl (C=O) groups excluding carboxylic acids is 3. The molecular weight excluding hydrogens is 510 g/mol. The normalized spacial score (nSPS) is 12.4. The maximum Gasteiger partial charge on any atom is 0.328 e. The third-order valence-corrected chi connectivity index (χ3v) is 6.04. The molecule has 0 aliphatic heterocycles. The fraction of sp³-hybridized carbons (Fsp3) is 0.310. The first-order chi connectivity index (χ1) is 18.6. The summed E-state index contributed by atoms with van der Waals surface area (Å²) in [7, 11) is 1.35. The summed E-state index contributed by atoms with van der Waals surface area (Å²) in [4.78, 5) is 41.3. The lowest BCUT2D eigenvalue weighted by Crippen LogP contribution is -2.42. The van der Waals surface area contributed by atoms with Gasteiger partial charge >= 0.3 is 11.9 Å². The SMILES string of the molecule is COc1ccnc(C(=O)N[C@@H](C)C(=O)OC(C)C(Cc2ccc(F)cc2)Cc2ccc(F)cc2)c1OC(C)=O. The Labute approximate surface area is 225 Å². The second-order valence-corrected chi connectivity index (χ2v) is 9.04. The van der Waals surface area contributed by atoms with Crippen molar-refractivity contribution in [1.29, 1.82) is 0 Å². The second-order valence-electron chi connectivity index (χ2n) is 9.04. The molecule has 1 N–H and O–H groups in total. The first-order valence-corrected chi connectivity index (χ1v) is 12.3. The molecule has 0 aliphatic carbocycles. The zero-order valence-electron chi connectivity index (χ0n) is 22.1. The molecule has 0 fully saturated rings. The minimum Gasteiger partial charge on any atom is -0.493 e. The Morgan fingerprint density at radius 3 is 1.92 bits per heavy atom. The molecule has 0 bridgehead atoms. The fourth-order valence-corrected chi connectivity index (χ4v) is 3.95. The zero-order chi connectivity index (χ0) is 28.5. The Morgan fingerprint density at radius 2 is 1.44 bits per heavy atom. The van der Waals surface area contributed by atoms with Gasteiger partial charge in [-0.25, -0.2) is 18.6 Å². The van der Waals surface area contributed by atoms with E-state index in [1.54, 1.807) is 31.2 Å². The molecule has 206 valence electrons.